The second kappa shape index (κ2) is 6.20. The van der Waals surface area contributed by atoms with Gasteiger partial charge in [0.1, 0.15) is 0 Å². The van der Waals surface area contributed by atoms with Crippen LogP contribution in [-0.2, 0) is 9.53 Å². The summed E-state index contributed by atoms with van der Waals surface area (Å²) in [6.45, 7) is 5.14. The minimum atomic E-state index is -4.74. The third-order valence-electron chi connectivity index (χ3n) is 2.13. The summed E-state index contributed by atoms with van der Waals surface area (Å²) in [5, 5.41) is 10.9. The van der Waals surface area contributed by atoms with Crippen molar-refractivity contribution in [2.75, 3.05) is 19.7 Å². The van der Waals surface area contributed by atoms with Crippen LogP contribution in [0.25, 0.3) is 0 Å². The lowest BCUT2D eigenvalue weighted by molar-refractivity contribution is -0.192. The summed E-state index contributed by atoms with van der Waals surface area (Å²) in [4.78, 5) is 10.4. The van der Waals surface area contributed by atoms with Gasteiger partial charge in [-0.25, -0.2) is 0 Å². The monoisotopic (exact) mass is 257 g/mol. The molecular formula is C10H18F3NO3. The molecule has 0 saturated carbocycles. The maximum atomic E-state index is 12.3. The minimum absolute atomic E-state index is 0.153. The summed E-state index contributed by atoms with van der Waals surface area (Å²) >= 11 is 0. The second-order valence-electron chi connectivity index (χ2n) is 4.26. The first kappa shape index (κ1) is 16.2. The molecular weight excluding hydrogens is 239 g/mol. The van der Waals surface area contributed by atoms with Crippen LogP contribution in [0, 0.1) is 5.92 Å². The molecule has 1 atom stereocenters. The number of nitrogens with one attached hydrogen (secondary N) is 1. The van der Waals surface area contributed by atoms with Gasteiger partial charge in [0.2, 0.25) is 0 Å². The van der Waals surface area contributed by atoms with E-state index in [2.05, 4.69) is 5.32 Å². The smallest absolute Gasteiger partial charge is 0.403 e. The molecule has 0 aliphatic rings. The largest absolute Gasteiger partial charge is 0.481 e. The lowest BCUT2D eigenvalue weighted by Gasteiger charge is -2.26. The van der Waals surface area contributed by atoms with Gasteiger partial charge in [0.15, 0.2) is 5.92 Å². The summed E-state index contributed by atoms with van der Waals surface area (Å²) in [5.41, 5.74) is -0.622. The Balaban J connectivity index is 4.21. The molecule has 0 spiro atoms. The topological polar surface area (TPSA) is 58.6 Å². The standard InChI is InChI=1S/C10H18F3NO3/c1-4-17-9(2,3)6-14-5-7(8(15)16)10(11,12)13/h7,14H,4-6H2,1-3H3,(H,15,16). The fraction of sp³-hybridized carbons (Fsp3) is 0.900. The molecule has 0 aromatic rings. The average molecular weight is 257 g/mol. The first-order valence-electron chi connectivity index (χ1n) is 5.24. The summed E-state index contributed by atoms with van der Waals surface area (Å²) in [6, 6.07) is 0. The lowest BCUT2D eigenvalue weighted by Crippen LogP contribution is -2.44. The predicted octanol–water partition coefficient (Wildman–Crippen LogP) is 1.65. The third kappa shape index (κ3) is 6.48. The van der Waals surface area contributed by atoms with Gasteiger partial charge in [0.05, 0.1) is 5.60 Å². The molecule has 0 aliphatic heterocycles. The number of ether oxygens (including phenoxy) is 1. The van der Waals surface area contributed by atoms with Gasteiger partial charge in [-0.1, -0.05) is 0 Å². The van der Waals surface area contributed by atoms with Crippen molar-refractivity contribution < 1.29 is 27.8 Å². The van der Waals surface area contributed by atoms with Crippen LogP contribution in [0.1, 0.15) is 20.8 Å². The van der Waals surface area contributed by atoms with E-state index in [4.69, 9.17) is 9.84 Å². The van der Waals surface area contributed by atoms with Crippen molar-refractivity contribution in [3.05, 3.63) is 0 Å². The molecule has 7 heteroatoms. The molecule has 0 aromatic heterocycles. The molecule has 2 N–H and O–H groups in total. The second-order valence-corrected chi connectivity index (χ2v) is 4.26. The van der Waals surface area contributed by atoms with Crippen molar-refractivity contribution >= 4 is 5.97 Å². The third-order valence-corrected chi connectivity index (χ3v) is 2.13. The molecule has 0 rings (SSSR count). The Morgan fingerprint density at radius 2 is 1.94 bits per heavy atom. The highest BCUT2D eigenvalue weighted by molar-refractivity contribution is 5.71. The van der Waals surface area contributed by atoms with Crippen molar-refractivity contribution in [1.82, 2.24) is 5.32 Å². The zero-order valence-electron chi connectivity index (χ0n) is 10.1. The average Bonchev–Trinajstić information content (AvgIpc) is 2.09. The molecule has 0 amide bonds. The van der Waals surface area contributed by atoms with Crippen molar-refractivity contribution in [3.8, 4) is 0 Å². The number of carbonyl (C=O) groups is 1. The number of rotatable bonds is 7. The van der Waals surface area contributed by atoms with E-state index in [1.807, 2.05) is 0 Å². The van der Waals surface area contributed by atoms with Gasteiger partial charge in [0, 0.05) is 19.7 Å². The maximum absolute atomic E-state index is 12.3. The molecule has 0 saturated heterocycles. The summed E-state index contributed by atoms with van der Waals surface area (Å²) in [6.07, 6.45) is -4.74. The number of hydrogen-bond donors (Lipinski definition) is 2. The summed E-state index contributed by atoms with van der Waals surface area (Å²) in [7, 11) is 0. The Morgan fingerprint density at radius 3 is 2.29 bits per heavy atom. The molecule has 0 heterocycles. The first-order chi connectivity index (χ1) is 7.60. The summed E-state index contributed by atoms with van der Waals surface area (Å²) in [5.74, 6) is -4.26. The van der Waals surface area contributed by atoms with E-state index in [-0.39, 0.29) is 6.54 Å². The van der Waals surface area contributed by atoms with Crippen molar-refractivity contribution in [1.29, 1.82) is 0 Å². The highest BCUT2D eigenvalue weighted by Gasteiger charge is 2.44. The Kier molecular flexibility index (Phi) is 5.91. The van der Waals surface area contributed by atoms with Gasteiger partial charge >= 0.3 is 12.1 Å². The lowest BCUT2D eigenvalue weighted by atomic mass is 10.1. The predicted molar refractivity (Wildman–Crippen MR) is 55.8 cm³/mol. The van der Waals surface area contributed by atoms with E-state index >= 15 is 0 Å². The Bertz CT molecular complexity index is 254. The number of carboxylic acids is 1. The number of alkyl halides is 3. The summed E-state index contributed by atoms with van der Waals surface area (Å²) < 4.78 is 42.1. The van der Waals surface area contributed by atoms with Crippen LogP contribution in [0.5, 0.6) is 0 Å². The fourth-order valence-corrected chi connectivity index (χ4v) is 1.30. The van der Waals surface area contributed by atoms with E-state index in [0.717, 1.165) is 0 Å². The Morgan fingerprint density at radius 1 is 1.41 bits per heavy atom. The molecule has 102 valence electrons. The zero-order chi connectivity index (χ0) is 13.7. The van der Waals surface area contributed by atoms with Crippen LogP contribution in [0.2, 0.25) is 0 Å². The van der Waals surface area contributed by atoms with Crippen LogP contribution in [0.3, 0.4) is 0 Å². The van der Waals surface area contributed by atoms with Gasteiger partial charge in [-0.2, -0.15) is 13.2 Å². The SMILES string of the molecule is CCOC(C)(C)CNCC(C(=O)O)C(F)(F)F. The van der Waals surface area contributed by atoms with Gasteiger partial charge < -0.3 is 15.2 Å². The number of hydrogen-bond acceptors (Lipinski definition) is 3. The minimum Gasteiger partial charge on any atom is -0.481 e. The van der Waals surface area contributed by atoms with Crippen molar-refractivity contribution in [3.63, 3.8) is 0 Å². The van der Waals surface area contributed by atoms with Crippen molar-refractivity contribution in [2.24, 2.45) is 5.92 Å². The molecule has 0 bridgehead atoms. The zero-order valence-corrected chi connectivity index (χ0v) is 10.1. The van der Waals surface area contributed by atoms with Crippen LogP contribution in [0.4, 0.5) is 13.2 Å². The molecule has 0 aromatic carbocycles. The van der Waals surface area contributed by atoms with Gasteiger partial charge in [-0.15, -0.1) is 0 Å². The highest BCUT2D eigenvalue weighted by Crippen LogP contribution is 2.25. The van der Waals surface area contributed by atoms with Gasteiger partial charge in [-0.3, -0.25) is 4.79 Å². The van der Waals surface area contributed by atoms with Crippen LogP contribution >= 0.6 is 0 Å². The fourth-order valence-electron chi connectivity index (χ4n) is 1.30. The van der Waals surface area contributed by atoms with Crippen LogP contribution in [0.15, 0.2) is 0 Å². The normalized spacial score (nSPS) is 14.7. The molecule has 4 nitrogen and oxygen atoms in total. The van der Waals surface area contributed by atoms with Gasteiger partial charge in [0.25, 0.3) is 0 Å². The maximum Gasteiger partial charge on any atom is 0.403 e. The molecule has 1 unspecified atom stereocenters. The van der Waals surface area contributed by atoms with Crippen LogP contribution in [-0.4, -0.2) is 42.5 Å². The molecule has 0 aliphatic carbocycles. The highest BCUT2D eigenvalue weighted by atomic mass is 19.4. The molecule has 0 fully saturated rings. The quantitative estimate of drug-likeness (QED) is 0.728. The number of halogens is 3. The molecule has 0 radical (unpaired) electrons. The number of carboxylic acid groups (broad SMARTS) is 1. The van der Waals surface area contributed by atoms with E-state index in [9.17, 15) is 18.0 Å². The van der Waals surface area contributed by atoms with Crippen LogP contribution < -0.4 is 5.32 Å². The van der Waals surface area contributed by atoms with E-state index in [0.29, 0.717) is 6.61 Å². The first-order valence-corrected chi connectivity index (χ1v) is 5.24. The van der Waals surface area contributed by atoms with Crippen molar-refractivity contribution in [2.45, 2.75) is 32.5 Å². The van der Waals surface area contributed by atoms with E-state index < -0.39 is 30.2 Å². The van der Waals surface area contributed by atoms with Gasteiger partial charge in [-0.05, 0) is 20.8 Å². The Hall–Kier alpha value is -0.820. The van der Waals surface area contributed by atoms with E-state index in [1.165, 1.54) is 0 Å². The Labute approximate surface area is 98.1 Å². The number of aliphatic carboxylic acids is 1. The van der Waals surface area contributed by atoms with E-state index in [1.54, 1.807) is 20.8 Å². The molecule has 17 heavy (non-hydrogen) atoms.